The van der Waals surface area contributed by atoms with Gasteiger partial charge in [-0.1, -0.05) is 34.6 Å². The first kappa shape index (κ1) is 15.9. The van der Waals surface area contributed by atoms with Gasteiger partial charge in [-0.25, -0.2) is 9.97 Å². The molecule has 0 unspecified atom stereocenters. The molecule has 0 radical (unpaired) electrons. The van der Waals surface area contributed by atoms with Crippen LogP contribution in [0.4, 0.5) is 5.82 Å². The molecule has 4 nitrogen and oxygen atoms in total. The summed E-state index contributed by atoms with van der Waals surface area (Å²) in [6.45, 7) is 11.7. The summed E-state index contributed by atoms with van der Waals surface area (Å²) in [7, 11) is 2.07. The quantitative estimate of drug-likeness (QED) is 0.856. The molecular weight excluding hydrogens is 280 g/mol. The van der Waals surface area contributed by atoms with Crippen molar-refractivity contribution in [1.82, 2.24) is 15.0 Å². The van der Waals surface area contributed by atoms with Gasteiger partial charge in [0.2, 0.25) is 0 Å². The van der Waals surface area contributed by atoms with E-state index in [2.05, 4.69) is 57.6 Å². The summed E-state index contributed by atoms with van der Waals surface area (Å²) in [5.41, 5.74) is 2.98. The SMILES string of the molecule is CC(C)c1nc(N(C)Cc2cncs2)cc(C(C)(C)C)n1. The van der Waals surface area contributed by atoms with E-state index in [1.54, 1.807) is 11.3 Å². The molecule has 0 spiro atoms. The minimum atomic E-state index is 0.0205. The highest BCUT2D eigenvalue weighted by Gasteiger charge is 2.20. The molecule has 0 aromatic carbocycles. The van der Waals surface area contributed by atoms with Gasteiger partial charge in [0.15, 0.2) is 0 Å². The maximum Gasteiger partial charge on any atom is 0.133 e. The highest BCUT2D eigenvalue weighted by Crippen LogP contribution is 2.26. The summed E-state index contributed by atoms with van der Waals surface area (Å²) in [4.78, 5) is 17.0. The Kier molecular flexibility index (Phi) is 4.61. The molecule has 114 valence electrons. The second-order valence-corrected chi connectivity index (χ2v) is 7.67. The van der Waals surface area contributed by atoms with Crippen LogP contribution in [-0.4, -0.2) is 22.0 Å². The van der Waals surface area contributed by atoms with Crippen LogP contribution in [0.5, 0.6) is 0 Å². The summed E-state index contributed by atoms with van der Waals surface area (Å²) in [6.07, 6.45) is 1.91. The average Bonchev–Trinajstić information content (AvgIpc) is 2.90. The highest BCUT2D eigenvalue weighted by atomic mass is 32.1. The second kappa shape index (κ2) is 6.10. The number of hydrogen-bond acceptors (Lipinski definition) is 5. The molecule has 2 heterocycles. The number of aromatic nitrogens is 3. The Morgan fingerprint density at radius 3 is 2.48 bits per heavy atom. The molecule has 0 bridgehead atoms. The van der Waals surface area contributed by atoms with Gasteiger partial charge in [-0.05, 0) is 0 Å². The van der Waals surface area contributed by atoms with Crippen molar-refractivity contribution in [3.8, 4) is 0 Å². The molecule has 0 aliphatic heterocycles. The Morgan fingerprint density at radius 1 is 1.24 bits per heavy atom. The van der Waals surface area contributed by atoms with Crippen LogP contribution in [-0.2, 0) is 12.0 Å². The molecular formula is C16H24N4S. The average molecular weight is 304 g/mol. The largest absolute Gasteiger partial charge is 0.354 e. The van der Waals surface area contributed by atoms with Crippen molar-refractivity contribution in [3.05, 3.63) is 34.2 Å². The van der Waals surface area contributed by atoms with E-state index in [0.29, 0.717) is 5.92 Å². The van der Waals surface area contributed by atoms with Crippen LogP contribution in [0.2, 0.25) is 0 Å². The van der Waals surface area contributed by atoms with Crippen LogP contribution in [0.3, 0.4) is 0 Å². The maximum absolute atomic E-state index is 4.74. The Bertz CT molecular complexity index is 585. The summed E-state index contributed by atoms with van der Waals surface area (Å²) in [5, 5.41) is 0. The standard InChI is InChI=1S/C16H24N4S/c1-11(2)15-18-13(16(3,4)5)7-14(19-15)20(6)9-12-8-17-10-21-12/h7-8,10-11H,9H2,1-6H3. The molecule has 0 N–H and O–H groups in total. The first-order valence-electron chi connectivity index (χ1n) is 7.25. The predicted octanol–water partition coefficient (Wildman–Crippen LogP) is 3.99. The van der Waals surface area contributed by atoms with Gasteiger partial charge in [0.25, 0.3) is 0 Å². The molecule has 0 amide bonds. The van der Waals surface area contributed by atoms with Gasteiger partial charge >= 0.3 is 0 Å². The fourth-order valence-electron chi connectivity index (χ4n) is 1.93. The van der Waals surface area contributed by atoms with E-state index in [9.17, 15) is 0 Å². The third kappa shape index (κ3) is 4.00. The van der Waals surface area contributed by atoms with E-state index in [1.807, 2.05) is 11.7 Å². The Hall–Kier alpha value is -1.49. The summed E-state index contributed by atoms with van der Waals surface area (Å²) in [5.74, 6) is 2.21. The second-order valence-electron chi connectivity index (χ2n) is 6.70. The number of thiazole rings is 1. The molecule has 0 atom stereocenters. The summed E-state index contributed by atoms with van der Waals surface area (Å²) < 4.78 is 0. The van der Waals surface area contributed by atoms with Gasteiger partial charge in [0, 0.05) is 35.5 Å². The lowest BCUT2D eigenvalue weighted by molar-refractivity contribution is 0.557. The molecule has 2 aromatic heterocycles. The predicted molar refractivity (Wildman–Crippen MR) is 89.0 cm³/mol. The van der Waals surface area contributed by atoms with Gasteiger partial charge in [-0.2, -0.15) is 0 Å². The molecule has 0 aliphatic rings. The van der Waals surface area contributed by atoms with Crippen molar-refractivity contribution in [2.75, 3.05) is 11.9 Å². The van der Waals surface area contributed by atoms with E-state index in [4.69, 9.17) is 9.97 Å². The topological polar surface area (TPSA) is 41.9 Å². The van der Waals surface area contributed by atoms with E-state index >= 15 is 0 Å². The summed E-state index contributed by atoms with van der Waals surface area (Å²) in [6, 6.07) is 2.10. The van der Waals surface area contributed by atoms with Crippen molar-refractivity contribution in [3.63, 3.8) is 0 Å². The monoisotopic (exact) mass is 304 g/mol. The van der Waals surface area contributed by atoms with Crippen molar-refractivity contribution in [2.24, 2.45) is 0 Å². The minimum Gasteiger partial charge on any atom is -0.354 e. The zero-order valence-electron chi connectivity index (χ0n) is 13.7. The molecule has 2 aromatic rings. The van der Waals surface area contributed by atoms with Crippen molar-refractivity contribution in [2.45, 2.75) is 52.5 Å². The molecule has 5 heteroatoms. The van der Waals surface area contributed by atoms with Crippen LogP contribution in [0.15, 0.2) is 17.8 Å². The van der Waals surface area contributed by atoms with Crippen LogP contribution in [0.1, 0.15) is 56.9 Å². The van der Waals surface area contributed by atoms with E-state index in [1.165, 1.54) is 4.88 Å². The number of rotatable bonds is 4. The highest BCUT2D eigenvalue weighted by molar-refractivity contribution is 7.09. The Balaban J connectivity index is 2.35. The lowest BCUT2D eigenvalue weighted by Crippen LogP contribution is -2.22. The van der Waals surface area contributed by atoms with E-state index in [0.717, 1.165) is 23.9 Å². The van der Waals surface area contributed by atoms with E-state index in [-0.39, 0.29) is 5.41 Å². The zero-order chi connectivity index (χ0) is 15.6. The summed E-state index contributed by atoms with van der Waals surface area (Å²) >= 11 is 1.67. The third-order valence-corrected chi connectivity index (χ3v) is 4.05. The Labute approximate surface area is 131 Å². The van der Waals surface area contributed by atoms with Gasteiger partial charge in [-0.3, -0.25) is 4.98 Å². The first-order chi connectivity index (χ1) is 9.77. The zero-order valence-corrected chi connectivity index (χ0v) is 14.5. The van der Waals surface area contributed by atoms with Crippen molar-refractivity contribution >= 4 is 17.2 Å². The number of hydrogen-bond donors (Lipinski definition) is 0. The van der Waals surface area contributed by atoms with Crippen LogP contribution >= 0.6 is 11.3 Å². The van der Waals surface area contributed by atoms with Gasteiger partial charge in [-0.15, -0.1) is 11.3 Å². The lowest BCUT2D eigenvalue weighted by atomic mass is 9.91. The lowest BCUT2D eigenvalue weighted by Gasteiger charge is -2.24. The smallest absolute Gasteiger partial charge is 0.133 e. The van der Waals surface area contributed by atoms with Crippen LogP contribution < -0.4 is 4.90 Å². The molecule has 0 saturated carbocycles. The van der Waals surface area contributed by atoms with Crippen molar-refractivity contribution in [1.29, 1.82) is 0 Å². The minimum absolute atomic E-state index is 0.0205. The Morgan fingerprint density at radius 2 is 1.95 bits per heavy atom. The molecule has 21 heavy (non-hydrogen) atoms. The third-order valence-electron chi connectivity index (χ3n) is 3.28. The van der Waals surface area contributed by atoms with E-state index < -0.39 is 0 Å². The van der Waals surface area contributed by atoms with Gasteiger partial charge in [0.1, 0.15) is 11.6 Å². The fourth-order valence-corrected chi connectivity index (χ4v) is 2.57. The van der Waals surface area contributed by atoms with Crippen molar-refractivity contribution < 1.29 is 0 Å². The maximum atomic E-state index is 4.74. The van der Waals surface area contributed by atoms with Crippen LogP contribution in [0.25, 0.3) is 0 Å². The normalized spacial score (nSPS) is 12.0. The number of nitrogens with zero attached hydrogens (tertiary/aromatic N) is 4. The molecule has 0 saturated heterocycles. The van der Waals surface area contributed by atoms with Gasteiger partial charge < -0.3 is 4.90 Å². The first-order valence-corrected chi connectivity index (χ1v) is 8.13. The van der Waals surface area contributed by atoms with Crippen LogP contribution in [0, 0.1) is 0 Å². The molecule has 2 rings (SSSR count). The molecule has 0 fully saturated rings. The molecule has 0 aliphatic carbocycles. The fraction of sp³-hybridized carbons (Fsp3) is 0.562. The number of anilines is 1. The van der Waals surface area contributed by atoms with Gasteiger partial charge in [0.05, 0.1) is 17.7 Å².